The van der Waals surface area contributed by atoms with Gasteiger partial charge in [-0.2, -0.15) is 13.2 Å². The fourth-order valence-electron chi connectivity index (χ4n) is 4.85. The number of carbonyl (C=O) groups is 1. The Labute approximate surface area is 110 Å². The molecule has 0 aromatic rings. The molecule has 4 bridgehead atoms. The normalized spacial score (nSPS) is 41.1. The van der Waals surface area contributed by atoms with Crippen LogP contribution in [0.15, 0.2) is 0 Å². The van der Waals surface area contributed by atoms with Crippen molar-refractivity contribution in [3.05, 3.63) is 0 Å². The Kier molecular flexibility index (Phi) is 3.06. The van der Waals surface area contributed by atoms with Gasteiger partial charge in [0.1, 0.15) is 0 Å². The molecule has 4 atom stereocenters. The average Bonchev–Trinajstić information content (AvgIpc) is 2.51. The van der Waals surface area contributed by atoms with Crippen LogP contribution in [-0.4, -0.2) is 18.8 Å². The highest BCUT2D eigenvalue weighted by Gasteiger charge is 2.50. The molecule has 0 aliphatic heterocycles. The zero-order valence-electron chi connectivity index (χ0n) is 10.8. The van der Waals surface area contributed by atoms with E-state index >= 15 is 0 Å². The summed E-state index contributed by atoms with van der Waals surface area (Å²) in [6.45, 7) is -0.0329. The van der Waals surface area contributed by atoms with E-state index in [1.807, 2.05) is 0 Å². The summed E-state index contributed by atoms with van der Waals surface area (Å²) in [5, 5.41) is 0. The van der Waals surface area contributed by atoms with Gasteiger partial charge in [-0.15, -0.1) is 0 Å². The lowest BCUT2D eigenvalue weighted by molar-refractivity contribution is -0.205. The van der Waals surface area contributed by atoms with E-state index in [4.69, 9.17) is 0 Å². The second kappa shape index (κ2) is 4.38. The molecule has 0 N–H and O–H groups in total. The average molecular weight is 276 g/mol. The number of carbonyl (C=O) groups excluding carboxylic acids is 1. The maximum atomic E-state index is 12.2. The van der Waals surface area contributed by atoms with Crippen molar-refractivity contribution in [1.82, 2.24) is 0 Å². The molecule has 5 heteroatoms. The van der Waals surface area contributed by atoms with Crippen molar-refractivity contribution >= 4 is 5.97 Å². The second-order valence-corrected chi connectivity index (χ2v) is 6.83. The monoisotopic (exact) mass is 276 g/mol. The zero-order valence-corrected chi connectivity index (χ0v) is 10.8. The van der Waals surface area contributed by atoms with Gasteiger partial charge in [-0.1, -0.05) is 12.8 Å². The third kappa shape index (κ3) is 2.61. The van der Waals surface area contributed by atoms with E-state index in [1.54, 1.807) is 0 Å². The van der Waals surface area contributed by atoms with E-state index in [-0.39, 0.29) is 12.0 Å². The van der Waals surface area contributed by atoms with E-state index in [0.717, 1.165) is 19.3 Å². The van der Waals surface area contributed by atoms with Gasteiger partial charge in [-0.05, 0) is 49.9 Å². The molecule has 2 unspecified atom stereocenters. The molecular weight excluding hydrogens is 257 g/mol. The maximum absolute atomic E-state index is 12.2. The first kappa shape index (κ1) is 13.3. The lowest BCUT2D eigenvalue weighted by Crippen LogP contribution is -2.42. The molecule has 0 amide bonds. The number of esters is 1. The van der Waals surface area contributed by atoms with Crippen molar-refractivity contribution in [2.24, 2.45) is 23.2 Å². The summed E-state index contributed by atoms with van der Waals surface area (Å²) in [4.78, 5) is 10.9. The Hall–Kier alpha value is -0.740. The molecule has 4 aliphatic rings. The highest BCUT2D eigenvalue weighted by Crippen LogP contribution is 2.57. The predicted octanol–water partition coefficient (Wildman–Crippen LogP) is 3.70. The van der Waals surface area contributed by atoms with Crippen LogP contribution in [0.5, 0.6) is 0 Å². The number of hydrogen-bond donors (Lipinski definition) is 0. The van der Waals surface area contributed by atoms with Crippen molar-refractivity contribution in [2.75, 3.05) is 6.61 Å². The molecule has 4 saturated carbocycles. The van der Waals surface area contributed by atoms with Gasteiger partial charge in [0.25, 0.3) is 0 Å². The molecule has 0 radical (unpaired) electrons. The van der Waals surface area contributed by atoms with Gasteiger partial charge in [0.15, 0.2) is 0 Å². The fraction of sp³-hybridized carbons (Fsp3) is 0.929. The summed E-state index contributed by atoms with van der Waals surface area (Å²) in [6.07, 6.45) is 2.85. The Bertz CT molecular complexity index is 361. The van der Waals surface area contributed by atoms with Crippen molar-refractivity contribution in [2.45, 2.75) is 51.1 Å². The maximum Gasteiger partial charge on any atom is 0.490 e. The highest BCUT2D eigenvalue weighted by atomic mass is 19.4. The highest BCUT2D eigenvalue weighted by molar-refractivity contribution is 5.75. The molecular formula is C14H19F3O2. The van der Waals surface area contributed by atoms with E-state index in [1.165, 1.54) is 25.7 Å². The molecule has 2 nitrogen and oxygen atoms in total. The quantitative estimate of drug-likeness (QED) is 0.719. The topological polar surface area (TPSA) is 26.3 Å². The summed E-state index contributed by atoms with van der Waals surface area (Å²) in [5.41, 5.74) is -0.159. The largest absolute Gasteiger partial charge is 0.490 e. The van der Waals surface area contributed by atoms with Crippen LogP contribution in [0.1, 0.15) is 44.9 Å². The van der Waals surface area contributed by atoms with E-state index in [0.29, 0.717) is 17.8 Å². The number of fused-ring (bicyclic) bond motifs is 1. The molecule has 4 rings (SSSR count). The summed E-state index contributed by atoms with van der Waals surface area (Å²) >= 11 is 0. The van der Waals surface area contributed by atoms with Crippen molar-refractivity contribution < 1.29 is 22.7 Å². The molecule has 0 aromatic heterocycles. The molecule has 0 saturated heterocycles. The lowest BCUT2D eigenvalue weighted by Gasteiger charge is -2.47. The van der Waals surface area contributed by atoms with Gasteiger partial charge in [0.05, 0.1) is 6.61 Å². The van der Waals surface area contributed by atoms with E-state index in [9.17, 15) is 18.0 Å². The summed E-state index contributed by atoms with van der Waals surface area (Å²) in [7, 11) is 0. The van der Waals surface area contributed by atoms with E-state index in [2.05, 4.69) is 4.74 Å². The number of halogens is 3. The smallest absolute Gasteiger partial charge is 0.458 e. The minimum absolute atomic E-state index is 0.0329. The van der Waals surface area contributed by atoms with Crippen molar-refractivity contribution in [3.8, 4) is 0 Å². The first-order chi connectivity index (χ1) is 8.86. The number of ether oxygens (including phenoxy) is 1. The molecule has 19 heavy (non-hydrogen) atoms. The molecule has 0 aromatic carbocycles. The minimum atomic E-state index is -4.86. The molecule has 108 valence electrons. The summed E-state index contributed by atoms with van der Waals surface area (Å²) in [5.74, 6) is -0.113. The number of alkyl halides is 3. The van der Waals surface area contributed by atoms with Crippen LogP contribution < -0.4 is 0 Å². The summed E-state index contributed by atoms with van der Waals surface area (Å²) < 4.78 is 41.2. The van der Waals surface area contributed by atoms with Crippen LogP contribution in [0, 0.1) is 23.2 Å². The van der Waals surface area contributed by atoms with Gasteiger partial charge < -0.3 is 4.74 Å². The first-order valence-corrected chi connectivity index (χ1v) is 7.10. The lowest BCUT2D eigenvalue weighted by atomic mass is 9.59. The molecule has 4 aliphatic carbocycles. The van der Waals surface area contributed by atoms with Crippen molar-refractivity contribution in [1.29, 1.82) is 0 Å². The van der Waals surface area contributed by atoms with Crippen LogP contribution in [0.25, 0.3) is 0 Å². The van der Waals surface area contributed by atoms with Gasteiger partial charge in [-0.25, -0.2) is 4.79 Å². The van der Waals surface area contributed by atoms with Crippen LogP contribution in [-0.2, 0) is 9.53 Å². The summed E-state index contributed by atoms with van der Waals surface area (Å²) in [6, 6.07) is 0. The zero-order chi connectivity index (χ0) is 13.7. The first-order valence-electron chi connectivity index (χ1n) is 7.10. The molecule has 0 spiro atoms. The van der Waals surface area contributed by atoms with Crippen LogP contribution in [0.2, 0.25) is 0 Å². The van der Waals surface area contributed by atoms with Gasteiger partial charge in [0, 0.05) is 5.41 Å². The molecule has 0 heterocycles. The number of hydrogen-bond acceptors (Lipinski definition) is 2. The second-order valence-electron chi connectivity index (χ2n) is 6.83. The standard InChI is InChI=1S/C14H19F3O2/c15-14(16,17)12(18)19-8-13-5-9-1-2-10(6-13)4-11(3-9)7-13/h9-11H,1-8H2/t9-,10+,11?,13?. The Morgan fingerprint density at radius 2 is 1.58 bits per heavy atom. The fourth-order valence-corrected chi connectivity index (χ4v) is 4.85. The SMILES string of the molecule is O=C(OCC12CC3C[C@@H](CC[C@@H](C3)C1)C2)C(F)(F)F. The minimum Gasteiger partial charge on any atom is -0.458 e. The van der Waals surface area contributed by atoms with Crippen LogP contribution in [0.4, 0.5) is 13.2 Å². The third-order valence-electron chi connectivity index (χ3n) is 5.22. The van der Waals surface area contributed by atoms with E-state index < -0.39 is 12.1 Å². The van der Waals surface area contributed by atoms with Gasteiger partial charge >= 0.3 is 12.1 Å². The Morgan fingerprint density at radius 1 is 1.05 bits per heavy atom. The predicted molar refractivity (Wildman–Crippen MR) is 62.2 cm³/mol. The Morgan fingerprint density at radius 3 is 2.11 bits per heavy atom. The number of rotatable bonds is 2. The van der Waals surface area contributed by atoms with Crippen LogP contribution >= 0.6 is 0 Å². The van der Waals surface area contributed by atoms with Crippen LogP contribution in [0.3, 0.4) is 0 Å². The molecule has 4 fully saturated rings. The van der Waals surface area contributed by atoms with Gasteiger partial charge in [0.2, 0.25) is 0 Å². The Balaban J connectivity index is 1.68. The van der Waals surface area contributed by atoms with Gasteiger partial charge in [-0.3, -0.25) is 0 Å². The van der Waals surface area contributed by atoms with Crippen molar-refractivity contribution in [3.63, 3.8) is 0 Å². The third-order valence-corrected chi connectivity index (χ3v) is 5.22.